The monoisotopic (exact) mass is 314 g/mol. The van der Waals surface area contributed by atoms with Gasteiger partial charge in [-0.1, -0.05) is 13.0 Å². The number of imidazole rings is 1. The number of hydrogen-bond donors (Lipinski definition) is 0. The van der Waals surface area contributed by atoms with Crippen LogP contribution in [0, 0.1) is 0 Å². The maximum absolute atomic E-state index is 5.83. The van der Waals surface area contributed by atoms with Crippen LogP contribution in [0.1, 0.15) is 37.7 Å². The molecule has 0 aromatic carbocycles. The molecule has 124 valence electrons. The Morgan fingerprint density at radius 1 is 1.26 bits per heavy atom. The molecule has 0 N–H and O–H groups in total. The molecule has 3 rings (SSSR count). The summed E-state index contributed by atoms with van der Waals surface area (Å²) < 4.78 is 8.08. The maximum atomic E-state index is 5.83. The van der Waals surface area contributed by atoms with Crippen molar-refractivity contribution in [2.45, 2.75) is 51.9 Å². The van der Waals surface area contributed by atoms with E-state index in [2.05, 4.69) is 38.6 Å². The minimum atomic E-state index is 0.341. The molecular weight excluding hydrogens is 288 g/mol. The molecule has 0 amide bonds. The van der Waals surface area contributed by atoms with Gasteiger partial charge in [-0.2, -0.15) is 0 Å². The van der Waals surface area contributed by atoms with Crippen molar-refractivity contribution in [2.24, 2.45) is 0 Å². The maximum Gasteiger partial charge on any atom is 0.122 e. The predicted molar refractivity (Wildman–Crippen MR) is 89.8 cm³/mol. The van der Waals surface area contributed by atoms with E-state index in [-0.39, 0.29) is 0 Å². The molecule has 0 radical (unpaired) electrons. The van der Waals surface area contributed by atoms with Crippen LogP contribution in [0.3, 0.4) is 0 Å². The van der Waals surface area contributed by atoms with Crippen molar-refractivity contribution >= 4 is 0 Å². The molecule has 1 unspecified atom stereocenters. The Morgan fingerprint density at radius 3 is 2.96 bits per heavy atom. The van der Waals surface area contributed by atoms with Crippen LogP contribution in [0.4, 0.5) is 0 Å². The number of aryl methyl sites for hydroxylation is 1. The van der Waals surface area contributed by atoms with Crippen molar-refractivity contribution in [3.8, 4) is 0 Å². The van der Waals surface area contributed by atoms with Crippen LogP contribution in [-0.2, 0) is 24.4 Å². The van der Waals surface area contributed by atoms with Gasteiger partial charge < -0.3 is 9.30 Å². The largest absolute Gasteiger partial charge is 0.377 e. The Kier molecular flexibility index (Phi) is 5.77. The highest BCUT2D eigenvalue weighted by molar-refractivity contribution is 5.04. The Labute approximate surface area is 138 Å². The lowest BCUT2D eigenvalue weighted by atomic mass is 10.2. The molecule has 0 saturated carbocycles. The molecule has 5 nitrogen and oxygen atoms in total. The van der Waals surface area contributed by atoms with Crippen LogP contribution >= 0.6 is 0 Å². The van der Waals surface area contributed by atoms with Crippen LogP contribution in [0.5, 0.6) is 0 Å². The normalized spacial score (nSPS) is 17.9. The lowest BCUT2D eigenvalue weighted by Gasteiger charge is -2.25. The third kappa shape index (κ3) is 4.62. The standard InChI is InChI=1S/C18H26N4O/c1-2-10-22-11-9-20-18(22)15-21(14-17-7-5-12-23-17)13-16-6-3-4-8-19-16/h3-4,6,8-9,11,17H,2,5,7,10,12-15H2,1H3. The van der Waals surface area contributed by atoms with Gasteiger partial charge in [0.05, 0.1) is 18.3 Å². The van der Waals surface area contributed by atoms with Crippen LogP contribution in [-0.4, -0.2) is 38.7 Å². The van der Waals surface area contributed by atoms with Gasteiger partial charge in [-0.15, -0.1) is 0 Å². The van der Waals surface area contributed by atoms with E-state index >= 15 is 0 Å². The van der Waals surface area contributed by atoms with E-state index < -0.39 is 0 Å². The summed E-state index contributed by atoms with van der Waals surface area (Å²) in [5, 5.41) is 0. The molecule has 0 aliphatic carbocycles. The molecule has 1 saturated heterocycles. The van der Waals surface area contributed by atoms with E-state index in [0.29, 0.717) is 6.10 Å². The molecule has 1 fully saturated rings. The third-order valence-corrected chi connectivity index (χ3v) is 4.23. The second-order valence-electron chi connectivity index (χ2n) is 6.16. The fourth-order valence-electron chi connectivity index (χ4n) is 3.12. The van der Waals surface area contributed by atoms with E-state index in [0.717, 1.165) is 57.1 Å². The number of ether oxygens (including phenoxy) is 1. The van der Waals surface area contributed by atoms with Crippen molar-refractivity contribution in [1.29, 1.82) is 0 Å². The van der Waals surface area contributed by atoms with Gasteiger partial charge in [0.1, 0.15) is 5.82 Å². The molecule has 2 aromatic rings. The van der Waals surface area contributed by atoms with Crippen molar-refractivity contribution in [2.75, 3.05) is 13.2 Å². The second kappa shape index (κ2) is 8.22. The summed E-state index contributed by atoms with van der Waals surface area (Å²) in [6.45, 7) is 6.72. The van der Waals surface area contributed by atoms with Crippen LogP contribution in [0.2, 0.25) is 0 Å². The molecule has 1 atom stereocenters. The fourth-order valence-corrected chi connectivity index (χ4v) is 3.12. The van der Waals surface area contributed by atoms with Crippen molar-refractivity contribution < 1.29 is 4.74 Å². The molecule has 1 aliphatic rings. The molecule has 0 spiro atoms. The zero-order valence-electron chi connectivity index (χ0n) is 13.9. The predicted octanol–water partition coefficient (Wildman–Crippen LogP) is 2.87. The molecule has 23 heavy (non-hydrogen) atoms. The first-order valence-electron chi connectivity index (χ1n) is 8.59. The highest BCUT2D eigenvalue weighted by Gasteiger charge is 2.21. The number of hydrogen-bond acceptors (Lipinski definition) is 4. The van der Waals surface area contributed by atoms with Gasteiger partial charge in [0.25, 0.3) is 0 Å². The van der Waals surface area contributed by atoms with E-state index in [4.69, 9.17) is 4.74 Å². The first-order chi connectivity index (χ1) is 11.3. The fraction of sp³-hybridized carbons (Fsp3) is 0.556. The van der Waals surface area contributed by atoms with E-state index in [9.17, 15) is 0 Å². The topological polar surface area (TPSA) is 43.2 Å². The average molecular weight is 314 g/mol. The summed E-state index contributed by atoms with van der Waals surface area (Å²) in [5.41, 5.74) is 1.10. The lowest BCUT2D eigenvalue weighted by molar-refractivity contribution is 0.0661. The minimum absolute atomic E-state index is 0.341. The average Bonchev–Trinajstić information content (AvgIpc) is 3.21. The van der Waals surface area contributed by atoms with Crippen LogP contribution < -0.4 is 0 Å². The Bertz CT molecular complexity index is 578. The Hall–Kier alpha value is -1.72. The molecule has 1 aliphatic heterocycles. The quantitative estimate of drug-likeness (QED) is 0.751. The van der Waals surface area contributed by atoms with Gasteiger partial charge in [-0.3, -0.25) is 9.88 Å². The second-order valence-corrected chi connectivity index (χ2v) is 6.16. The molecule has 5 heteroatoms. The Balaban J connectivity index is 1.69. The lowest BCUT2D eigenvalue weighted by Crippen LogP contribution is -2.32. The summed E-state index contributed by atoms with van der Waals surface area (Å²) in [5.74, 6) is 1.13. The first-order valence-corrected chi connectivity index (χ1v) is 8.59. The van der Waals surface area contributed by atoms with Crippen molar-refractivity contribution in [1.82, 2.24) is 19.4 Å². The van der Waals surface area contributed by atoms with Crippen molar-refractivity contribution in [3.05, 3.63) is 48.3 Å². The van der Waals surface area contributed by atoms with Gasteiger partial charge in [-0.25, -0.2) is 4.98 Å². The summed E-state index contributed by atoms with van der Waals surface area (Å²) in [6, 6.07) is 6.09. The summed E-state index contributed by atoms with van der Waals surface area (Å²) in [4.78, 5) is 11.4. The van der Waals surface area contributed by atoms with E-state index in [1.807, 2.05) is 24.5 Å². The van der Waals surface area contributed by atoms with Crippen molar-refractivity contribution in [3.63, 3.8) is 0 Å². The highest BCUT2D eigenvalue weighted by atomic mass is 16.5. The molecule has 3 heterocycles. The molecule has 0 bridgehead atoms. The number of rotatable bonds is 8. The number of pyridine rings is 1. The molecule has 2 aromatic heterocycles. The van der Waals surface area contributed by atoms with Gasteiger partial charge in [0, 0.05) is 44.8 Å². The van der Waals surface area contributed by atoms with Crippen LogP contribution in [0.25, 0.3) is 0 Å². The van der Waals surface area contributed by atoms with Gasteiger partial charge in [0.15, 0.2) is 0 Å². The van der Waals surface area contributed by atoms with Gasteiger partial charge in [-0.05, 0) is 31.4 Å². The highest BCUT2D eigenvalue weighted by Crippen LogP contribution is 2.16. The third-order valence-electron chi connectivity index (χ3n) is 4.23. The van der Waals surface area contributed by atoms with Gasteiger partial charge >= 0.3 is 0 Å². The van der Waals surface area contributed by atoms with Crippen LogP contribution in [0.15, 0.2) is 36.8 Å². The zero-order valence-corrected chi connectivity index (χ0v) is 13.9. The van der Waals surface area contributed by atoms with E-state index in [1.54, 1.807) is 0 Å². The first kappa shape index (κ1) is 16.1. The molecular formula is C18H26N4O. The smallest absolute Gasteiger partial charge is 0.122 e. The summed E-state index contributed by atoms with van der Waals surface area (Å²) in [7, 11) is 0. The van der Waals surface area contributed by atoms with E-state index in [1.165, 1.54) is 6.42 Å². The zero-order chi connectivity index (χ0) is 15.9. The minimum Gasteiger partial charge on any atom is -0.377 e. The Morgan fingerprint density at radius 2 is 2.22 bits per heavy atom. The van der Waals surface area contributed by atoms with Gasteiger partial charge in [0.2, 0.25) is 0 Å². The number of aromatic nitrogens is 3. The summed E-state index contributed by atoms with van der Waals surface area (Å²) >= 11 is 0. The number of nitrogens with zero attached hydrogens (tertiary/aromatic N) is 4. The SMILES string of the molecule is CCCn1ccnc1CN(Cc1ccccn1)CC1CCCO1. The summed E-state index contributed by atoms with van der Waals surface area (Å²) in [6.07, 6.45) is 9.62.